The summed E-state index contributed by atoms with van der Waals surface area (Å²) in [6.45, 7) is 6.04. The maximum Gasteiger partial charge on any atom is 0.251 e. The monoisotopic (exact) mass is 282 g/mol. The number of nitrogens with two attached hydrogens (primary N) is 1. The number of benzene rings is 2. The zero-order valence-electron chi connectivity index (χ0n) is 12.8. The molecule has 0 aromatic heterocycles. The summed E-state index contributed by atoms with van der Waals surface area (Å²) in [6.07, 6.45) is 1.02. The summed E-state index contributed by atoms with van der Waals surface area (Å²) >= 11 is 0. The lowest BCUT2D eigenvalue weighted by Crippen LogP contribution is -2.26. The highest BCUT2D eigenvalue weighted by Crippen LogP contribution is 2.16. The maximum absolute atomic E-state index is 12.2. The lowest BCUT2D eigenvalue weighted by molar-refractivity contribution is 0.0940. The van der Waals surface area contributed by atoms with Gasteiger partial charge < -0.3 is 11.1 Å². The van der Waals surface area contributed by atoms with Gasteiger partial charge in [0.05, 0.1) is 6.04 Å². The van der Waals surface area contributed by atoms with Crippen molar-refractivity contribution in [1.29, 1.82) is 0 Å². The number of hydrogen-bond acceptors (Lipinski definition) is 2. The molecule has 0 saturated carbocycles. The predicted octanol–water partition coefficient (Wildman–Crippen LogP) is 3.63. The molecule has 3 N–H and O–H groups in total. The molecule has 0 bridgehead atoms. The van der Waals surface area contributed by atoms with Crippen LogP contribution < -0.4 is 11.1 Å². The number of carbonyl (C=O) groups is 1. The highest BCUT2D eigenvalue weighted by molar-refractivity contribution is 5.95. The van der Waals surface area contributed by atoms with E-state index >= 15 is 0 Å². The molecule has 0 heterocycles. The average molecular weight is 282 g/mol. The van der Waals surface area contributed by atoms with Crippen LogP contribution in [0.2, 0.25) is 0 Å². The number of rotatable bonds is 4. The summed E-state index contributed by atoms with van der Waals surface area (Å²) < 4.78 is 0. The van der Waals surface area contributed by atoms with Gasteiger partial charge in [-0.2, -0.15) is 0 Å². The van der Waals surface area contributed by atoms with E-state index in [-0.39, 0.29) is 11.9 Å². The third kappa shape index (κ3) is 3.63. The van der Waals surface area contributed by atoms with Crippen LogP contribution in [-0.4, -0.2) is 5.91 Å². The third-order valence-electron chi connectivity index (χ3n) is 3.78. The van der Waals surface area contributed by atoms with Gasteiger partial charge in [-0.05, 0) is 49.1 Å². The van der Waals surface area contributed by atoms with E-state index in [4.69, 9.17) is 5.73 Å². The van der Waals surface area contributed by atoms with Crippen LogP contribution in [0.4, 0.5) is 5.69 Å². The Bertz CT molecular complexity index is 632. The molecule has 0 aliphatic heterocycles. The van der Waals surface area contributed by atoms with Gasteiger partial charge in [0.25, 0.3) is 5.91 Å². The van der Waals surface area contributed by atoms with Crippen molar-refractivity contribution >= 4 is 11.6 Å². The Labute approximate surface area is 126 Å². The number of aryl methyl sites for hydroxylation is 2. The largest absolute Gasteiger partial charge is 0.398 e. The second-order valence-electron chi connectivity index (χ2n) is 5.36. The van der Waals surface area contributed by atoms with E-state index < -0.39 is 0 Å². The molecule has 2 aromatic carbocycles. The summed E-state index contributed by atoms with van der Waals surface area (Å²) in [5.41, 5.74) is 10.5. The molecule has 0 spiro atoms. The molecule has 0 saturated heterocycles. The minimum atomic E-state index is -0.103. The van der Waals surface area contributed by atoms with Crippen molar-refractivity contribution in [3.05, 3.63) is 64.7 Å². The van der Waals surface area contributed by atoms with Gasteiger partial charge in [-0.15, -0.1) is 0 Å². The zero-order valence-corrected chi connectivity index (χ0v) is 12.8. The predicted molar refractivity (Wildman–Crippen MR) is 87.3 cm³/mol. The number of hydrogen-bond donors (Lipinski definition) is 2. The molecule has 3 heteroatoms. The second kappa shape index (κ2) is 6.44. The van der Waals surface area contributed by atoms with Crippen LogP contribution in [0.3, 0.4) is 0 Å². The molecule has 1 amide bonds. The van der Waals surface area contributed by atoms with Crippen LogP contribution >= 0.6 is 0 Å². The molecule has 0 aliphatic carbocycles. The smallest absolute Gasteiger partial charge is 0.251 e. The summed E-state index contributed by atoms with van der Waals surface area (Å²) in [5.74, 6) is -0.103. The van der Waals surface area contributed by atoms with Crippen molar-refractivity contribution in [2.24, 2.45) is 0 Å². The summed E-state index contributed by atoms with van der Waals surface area (Å²) in [5, 5.41) is 3.00. The highest BCUT2D eigenvalue weighted by atomic mass is 16.1. The minimum Gasteiger partial charge on any atom is -0.398 e. The molecule has 1 unspecified atom stereocenters. The standard InChI is InChI=1S/C18H22N2O/c1-4-14-6-9-15(10-7-14)13(3)20-18(21)16-8-5-12(2)17(19)11-16/h5-11,13H,4,19H2,1-3H3,(H,20,21). The van der Waals surface area contributed by atoms with E-state index in [0.29, 0.717) is 11.3 Å². The van der Waals surface area contributed by atoms with E-state index in [2.05, 4.69) is 36.5 Å². The number of anilines is 1. The number of nitrogens with one attached hydrogen (secondary N) is 1. The first kappa shape index (κ1) is 15.1. The Hall–Kier alpha value is -2.29. The molecule has 2 aromatic rings. The second-order valence-corrected chi connectivity index (χ2v) is 5.36. The Balaban J connectivity index is 2.08. The molecule has 1 atom stereocenters. The zero-order chi connectivity index (χ0) is 15.4. The number of carbonyl (C=O) groups excluding carboxylic acids is 1. The first-order chi connectivity index (χ1) is 10.0. The van der Waals surface area contributed by atoms with Gasteiger partial charge in [-0.1, -0.05) is 37.3 Å². The normalized spacial score (nSPS) is 12.0. The third-order valence-corrected chi connectivity index (χ3v) is 3.78. The van der Waals surface area contributed by atoms with Gasteiger partial charge >= 0.3 is 0 Å². The van der Waals surface area contributed by atoms with Gasteiger partial charge in [-0.25, -0.2) is 0 Å². The fourth-order valence-corrected chi connectivity index (χ4v) is 2.19. The molecule has 21 heavy (non-hydrogen) atoms. The van der Waals surface area contributed by atoms with Crippen molar-refractivity contribution in [3.8, 4) is 0 Å². The SMILES string of the molecule is CCc1ccc(C(C)NC(=O)c2ccc(C)c(N)c2)cc1. The Kier molecular flexibility index (Phi) is 4.63. The van der Waals surface area contributed by atoms with Crippen LogP contribution in [0.1, 0.15) is 46.9 Å². The highest BCUT2D eigenvalue weighted by Gasteiger charge is 2.12. The van der Waals surface area contributed by atoms with E-state index in [1.807, 2.05) is 19.9 Å². The van der Waals surface area contributed by atoms with E-state index in [9.17, 15) is 4.79 Å². The van der Waals surface area contributed by atoms with E-state index in [1.54, 1.807) is 12.1 Å². The molecule has 0 fully saturated rings. The van der Waals surface area contributed by atoms with E-state index in [1.165, 1.54) is 5.56 Å². The minimum absolute atomic E-state index is 0.0362. The Morgan fingerprint density at radius 2 is 1.86 bits per heavy atom. The van der Waals surface area contributed by atoms with Gasteiger partial charge in [0, 0.05) is 11.3 Å². The molecular weight excluding hydrogens is 260 g/mol. The van der Waals surface area contributed by atoms with Crippen LogP contribution in [0, 0.1) is 6.92 Å². The van der Waals surface area contributed by atoms with Crippen LogP contribution in [-0.2, 0) is 6.42 Å². The lowest BCUT2D eigenvalue weighted by atomic mass is 10.0. The van der Waals surface area contributed by atoms with Gasteiger partial charge in [0.2, 0.25) is 0 Å². The summed E-state index contributed by atoms with van der Waals surface area (Å²) in [7, 11) is 0. The van der Waals surface area contributed by atoms with Crippen molar-refractivity contribution < 1.29 is 4.79 Å². The van der Waals surface area contributed by atoms with Gasteiger partial charge in [0.1, 0.15) is 0 Å². The molecule has 3 nitrogen and oxygen atoms in total. The van der Waals surface area contributed by atoms with Crippen molar-refractivity contribution in [2.45, 2.75) is 33.2 Å². The fourth-order valence-electron chi connectivity index (χ4n) is 2.19. The number of nitrogen functional groups attached to an aromatic ring is 1. The first-order valence-corrected chi connectivity index (χ1v) is 7.27. The maximum atomic E-state index is 12.2. The number of amides is 1. The molecule has 0 aliphatic rings. The first-order valence-electron chi connectivity index (χ1n) is 7.27. The van der Waals surface area contributed by atoms with Crippen molar-refractivity contribution in [2.75, 3.05) is 5.73 Å². The Morgan fingerprint density at radius 1 is 1.19 bits per heavy atom. The van der Waals surface area contributed by atoms with E-state index in [0.717, 1.165) is 17.5 Å². The topological polar surface area (TPSA) is 55.1 Å². The summed E-state index contributed by atoms with van der Waals surface area (Å²) in [4.78, 5) is 12.2. The van der Waals surface area contributed by atoms with Crippen molar-refractivity contribution in [3.63, 3.8) is 0 Å². The van der Waals surface area contributed by atoms with Crippen molar-refractivity contribution in [1.82, 2.24) is 5.32 Å². The van der Waals surface area contributed by atoms with Crippen LogP contribution in [0.15, 0.2) is 42.5 Å². The summed E-state index contributed by atoms with van der Waals surface area (Å²) in [6, 6.07) is 13.7. The Morgan fingerprint density at radius 3 is 2.43 bits per heavy atom. The van der Waals surface area contributed by atoms with Crippen LogP contribution in [0.25, 0.3) is 0 Å². The van der Waals surface area contributed by atoms with Crippen LogP contribution in [0.5, 0.6) is 0 Å². The van der Waals surface area contributed by atoms with Gasteiger partial charge in [0.15, 0.2) is 0 Å². The van der Waals surface area contributed by atoms with Gasteiger partial charge in [-0.3, -0.25) is 4.79 Å². The fraction of sp³-hybridized carbons (Fsp3) is 0.278. The quantitative estimate of drug-likeness (QED) is 0.841. The molecular formula is C18H22N2O. The molecule has 2 rings (SSSR count). The molecule has 110 valence electrons. The lowest BCUT2D eigenvalue weighted by Gasteiger charge is -2.15. The molecule has 0 radical (unpaired) electrons. The average Bonchev–Trinajstić information content (AvgIpc) is 2.50.